The molecular weight excluding hydrogens is 584 g/mol. The highest BCUT2D eigenvalue weighted by molar-refractivity contribution is 9.10. The second-order valence-electron chi connectivity index (χ2n) is 7.29. The minimum Gasteiger partial charge on any atom is -0.274 e. The summed E-state index contributed by atoms with van der Waals surface area (Å²) in [7, 11) is 0. The van der Waals surface area contributed by atoms with Crippen LogP contribution in [0.15, 0.2) is 67.8 Å². The molecule has 0 saturated heterocycles. The molecule has 0 N–H and O–H groups in total. The highest BCUT2D eigenvalue weighted by atomic mass is 79.9. The summed E-state index contributed by atoms with van der Waals surface area (Å²) in [5.74, 6) is 3.66. The van der Waals surface area contributed by atoms with E-state index >= 15 is 0 Å². The molecule has 0 radical (unpaired) electrons. The number of aromatic nitrogens is 6. The molecule has 2 heterocycles. The van der Waals surface area contributed by atoms with Crippen molar-refractivity contribution in [3.63, 3.8) is 0 Å². The minimum atomic E-state index is 0.519. The highest BCUT2D eigenvalue weighted by Crippen LogP contribution is 2.28. The third kappa shape index (κ3) is 5.90. The largest absolute Gasteiger partial charge is 0.274 e. The zero-order chi connectivity index (χ0) is 23.2. The molecule has 4 aromatic rings. The van der Waals surface area contributed by atoms with Crippen molar-refractivity contribution in [3.05, 3.63) is 69.1 Å². The summed E-state index contributed by atoms with van der Waals surface area (Å²) in [6.45, 7) is 4.34. The van der Waals surface area contributed by atoms with Gasteiger partial charge in [-0.25, -0.2) is 0 Å². The predicted octanol–water partition coefficient (Wildman–Crippen LogP) is 6.97. The van der Waals surface area contributed by atoms with Gasteiger partial charge in [0.2, 0.25) is 0 Å². The molecule has 172 valence electrons. The molecule has 6 nitrogen and oxygen atoms in total. The van der Waals surface area contributed by atoms with E-state index in [1.807, 2.05) is 24.3 Å². The second-order valence-corrected chi connectivity index (χ2v) is 11.3. The number of thioether (sulfide) groups is 2. The van der Waals surface area contributed by atoms with Crippen LogP contribution in [-0.2, 0) is 6.42 Å². The lowest BCUT2D eigenvalue weighted by molar-refractivity contribution is 0.791. The van der Waals surface area contributed by atoms with Crippen LogP contribution in [0.5, 0.6) is 0 Å². The standard InChI is InChI=1S/C23H24Br2N6S2/c1-3-13-32-22-28-26-20(30(22)18-9-5-16(24)6-10-18)15-21-27-29-23(33-14-4-2)31(21)19-11-7-17(25)8-12-19/h5-12H,3-4,13-15H2,1-2H3. The summed E-state index contributed by atoms with van der Waals surface area (Å²) in [4.78, 5) is 0. The fourth-order valence-electron chi connectivity index (χ4n) is 3.24. The van der Waals surface area contributed by atoms with E-state index in [0.717, 1.165) is 66.6 Å². The van der Waals surface area contributed by atoms with E-state index in [9.17, 15) is 0 Å². The molecule has 0 aliphatic heterocycles. The van der Waals surface area contributed by atoms with Crippen LogP contribution < -0.4 is 0 Å². The van der Waals surface area contributed by atoms with Crippen LogP contribution in [0, 0.1) is 0 Å². The van der Waals surface area contributed by atoms with Gasteiger partial charge in [0, 0.05) is 31.8 Å². The van der Waals surface area contributed by atoms with Crippen molar-refractivity contribution in [1.82, 2.24) is 29.5 Å². The van der Waals surface area contributed by atoms with Crippen molar-refractivity contribution in [2.75, 3.05) is 11.5 Å². The van der Waals surface area contributed by atoms with Gasteiger partial charge in [-0.3, -0.25) is 9.13 Å². The average Bonchev–Trinajstić information content (AvgIpc) is 3.41. The quantitative estimate of drug-likeness (QED) is 0.181. The first-order chi connectivity index (χ1) is 16.1. The van der Waals surface area contributed by atoms with Crippen molar-refractivity contribution in [3.8, 4) is 11.4 Å². The molecule has 0 saturated carbocycles. The number of benzene rings is 2. The van der Waals surface area contributed by atoms with Crippen molar-refractivity contribution in [1.29, 1.82) is 0 Å². The van der Waals surface area contributed by atoms with E-state index in [1.54, 1.807) is 23.5 Å². The van der Waals surface area contributed by atoms with Crippen LogP contribution in [0.4, 0.5) is 0 Å². The second kappa shape index (κ2) is 11.7. The summed E-state index contributed by atoms with van der Waals surface area (Å²) in [6.07, 6.45) is 2.66. The molecule has 0 spiro atoms. The molecule has 2 aromatic heterocycles. The first-order valence-electron chi connectivity index (χ1n) is 10.8. The van der Waals surface area contributed by atoms with E-state index in [-0.39, 0.29) is 0 Å². The Balaban J connectivity index is 1.76. The maximum atomic E-state index is 4.57. The van der Waals surface area contributed by atoms with Gasteiger partial charge in [-0.05, 0) is 61.4 Å². The van der Waals surface area contributed by atoms with Gasteiger partial charge in [-0.1, -0.05) is 69.2 Å². The lowest BCUT2D eigenvalue weighted by atomic mass is 10.3. The zero-order valence-corrected chi connectivity index (χ0v) is 23.2. The molecule has 2 aromatic carbocycles. The van der Waals surface area contributed by atoms with Crippen molar-refractivity contribution < 1.29 is 0 Å². The zero-order valence-electron chi connectivity index (χ0n) is 18.4. The molecule has 0 aliphatic carbocycles. The SMILES string of the molecule is CCCSc1nnc(Cc2nnc(SCCC)n2-c2ccc(Br)cc2)n1-c1ccc(Br)cc1. The van der Waals surface area contributed by atoms with Gasteiger partial charge in [0.25, 0.3) is 0 Å². The molecular formula is C23H24Br2N6S2. The van der Waals surface area contributed by atoms with Gasteiger partial charge in [0.1, 0.15) is 11.6 Å². The topological polar surface area (TPSA) is 61.4 Å². The van der Waals surface area contributed by atoms with Gasteiger partial charge in [-0.15, -0.1) is 20.4 Å². The third-order valence-corrected chi connectivity index (χ3v) is 8.08. The fourth-order valence-corrected chi connectivity index (χ4v) is 5.42. The summed E-state index contributed by atoms with van der Waals surface area (Å²) in [5, 5.41) is 20.0. The number of hydrogen-bond acceptors (Lipinski definition) is 6. The Bertz CT molecular complexity index is 1100. The number of halogens is 2. The maximum Gasteiger partial charge on any atom is 0.195 e. The van der Waals surface area contributed by atoms with Crippen molar-refractivity contribution in [2.45, 2.75) is 43.4 Å². The molecule has 0 aliphatic rings. The van der Waals surface area contributed by atoms with E-state index in [1.165, 1.54) is 0 Å². The normalized spacial score (nSPS) is 11.3. The van der Waals surface area contributed by atoms with Crippen LogP contribution in [0.1, 0.15) is 38.3 Å². The monoisotopic (exact) mass is 606 g/mol. The first-order valence-corrected chi connectivity index (χ1v) is 14.3. The molecule has 0 fully saturated rings. The minimum absolute atomic E-state index is 0.519. The van der Waals surface area contributed by atoms with Crippen LogP contribution in [0.25, 0.3) is 11.4 Å². The molecule has 0 bridgehead atoms. The number of hydrogen-bond donors (Lipinski definition) is 0. The molecule has 10 heteroatoms. The lowest BCUT2D eigenvalue weighted by Gasteiger charge is -2.12. The third-order valence-electron chi connectivity index (χ3n) is 4.76. The van der Waals surface area contributed by atoms with Gasteiger partial charge in [0.05, 0.1) is 6.42 Å². The summed E-state index contributed by atoms with van der Waals surface area (Å²) < 4.78 is 6.34. The fraction of sp³-hybridized carbons (Fsp3) is 0.304. The predicted molar refractivity (Wildman–Crippen MR) is 143 cm³/mol. The summed E-state index contributed by atoms with van der Waals surface area (Å²) in [5.41, 5.74) is 2.07. The highest BCUT2D eigenvalue weighted by Gasteiger charge is 2.20. The molecule has 0 amide bonds. The van der Waals surface area contributed by atoms with Gasteiger partial charge < -0.3 is 0 Å². The Morgan fingerprint density at radius 2 is 1.03 bits per heavy atom. The lowest BCUT2D eigenvalue weighted by Crippen LogP contribution is -2.09. The Labute approximate surface area is 219 Å². The van der Waals surface area contributed by atoms with Crippen LogP contribution >= 0.6 is 55.4 Å². The van der Waals surface area contributed by atoms with Gasteiger partial charge in [-0.2, -0.15) is 0 Å². The van der Waals surface area contributed by atoms with E-state index < -0.39 is 0 Å². The summed E-state index contributed by atoms with van der Waals surface area (Å²) in [6, 6.07) is 16.5. The Morgan fingerprint density at radius 1 is 0.636 bits per heavy atom. The smallest absolute Gasteiger partial charge is 0.195 e. The molecule has 33 heavy (non-hydrogen) atoms. The van der Waals surface area contributed by atoms with Crippen LogP contribution in [0.2, 0.25) is 0 Å². The van der Waals surface area contributed by atoms with E-state index in [0.29, 0.717) is 6.42 Å². The van der Waals surface area contributed by atoms with Crippen LogP contribution in [-0.4, -0.2) is 41.0 Å². The van der Waals surface area contributed by atoms with Gasteiger partial charge >= 0.3 is 0 Å². The van der Waals surface area contributed by atoms with Crippen LogP contribution in [0.3, 0.4) is 0 Å². The number of nitrogens with zero attached hydrogens (tertiary/aromatic N) is 6. The molecule has 0 atom stereocenters. The van der Waals surface area contributed by atoms with Crippen molar-refractivity contribution in [2.24, 2.45) is 0 Å². The maximum absolute atomic E-state index is 4.57. The molecule has 0 unspecified atom stereocenters. The van der Waals surface area contributed by atoms with E-state index in [4.69, 9.17) is 0 Å². The molecule has 4 rings (SSSR count). The van der Waals surface area contributed by atoms with E-state index in [2.05, 4.69) is 99.5 Å². The Hall–Kier alpha value is -1.62. The van der Waals surface area contributed by atoms with Crippen molar-refractivity contribution >= 4 is 55.4 Å². The first kappa shape index (κ1) is 24.5. The Morgan fingerprint density at radius 3 is 1.39 bits per heavy atom. The van der Waals surface area contributed by atoms with Gasteiger partial charge in [0.15, 0.2) is 10.3 Å². The number of rotatable bonds is 10. The average molecular weight is 608 g/mol. The Kier molecular flexibility index (Phi) is 8.67. The summed E-state index contributed by atoms with van der Waals surface area (Å²) >= 11 is 10.5.